The van der Waals surface area contributed by atoms with Crippen molar-refractivity contribution in [2.45, 2.75) is 9.79 Å². The van der Waals surface area contributed by atoms with Gasteiger partial charge in [0.1, 0.15) is 0 Å². The zero-order valence-corrected chi connectivity index (χ0v) is 16.7. The zero-order valence-electron chi connectivity index (χ0n) is 14.3. The lowest BCUT2D eigenvalue weighted by Gasteiger charge is -2.31. The third-order valence-corrected chi connectivity index (χ3v) is 5.21. The number of nitrogens with zero attached hydrogens (tertiary/aromatic N) is 2. The summed E-state index contributed by atoms with van der Waals surface area (Å²) in [7, 11) is 2.13. The molecule has 6 heteroatoms. The molecule has 3 nitrogen and oxygen atoms in total. The summed E-state index contributed by atoms with van der Waals surface area (Å²) in [5.41, 5.74) is 0.834. The van der Waals surface area contributed by atoms with Gasteiger partial charge in [0.25, 0.3) is 0 Å². The minimum atomic E-state index is 0. The van der Waals surface area contributed by atoms with E-state index in [2.05, 4.69) is 29.0 Å². The van der Waals surface area contributed by atoms with E-state index in [1.807, 2.05) is 42.5 Å². The van der Waals surface area contributed by atoms with E-state index in [-0.39, 0.29) is 30.6 Å². The molecule has 2 aromatic rings. The van der Waals surface area contributed by atoms with E-state index in [4.69, 9.17) is 0 Å². The van der Waals surface area contributed by atoms with Crippen LogP contribution in [0.4, 0.5) is 0 Å². The van der Waals surface area contributed by atoms with Crippen molar-refractivity contribution in [2.75, 3.05) is 39.8 Å². The van der Waals surface area contributed by atoms with Crippen LogP contribution in [0.5, 0.6) is 0 Å². The van der Waals surface area contributed by atoms with E-state index >= 15 is 0 Å². The maximum absolute atomic E-state index is 12.7. The number of piperazine rings is 1. The SMILES string of the molecule is CN1CCN(CC(=O)c2ccccc2Sc2ccccc2)CC1.Cl.Cl. The summed E-state index contributed by atoms with van der Waals surface area (Å²) in [4.78, 5) is 19.5. The minimum Gasteiger partial charge on any atom is -0.304 e. The lowest BCUT2D eigenvalue weighted by atomic mass is 10.1. The Kier molecular flexibility index (Phi) is 9.54. The van der Waals surface area contributed by atoms with Crippen LogP contribution in [0.1, 0.15) is 10.4 Å². The van der Waals surface area contributed by atoms with E-state index in [1.165, 1.54) is 0 Å². The summed E-state index contributed by atoms with van der Waals surface area (Å²) in [5, 5.41) is 0. The molecule has 1 fully saturated rings. The molecule has 2 aromatic carbocycles. The Morgan fingerprint density at radius 2 is 1.52 bits per heavy atom. The third kappa shape index (κ3) is 6.32. The molecule has 0 radical (unpaired) electrons. The molecule has 0 spiro atoms. The molecule has 0 saturated carbocycles. The number of hydrogen-bond donors (Lipinski definition) is 0. The first-order chi connectivity index (χ1) is 11.2. The van der Waals surface area contributed by atoms with Crippen molar-refractivity contribution in [3.63, 3.8) is 0 Å². The summed E-state index contributed by atoms with van der Waals surface area (Å²) in [5.74, 6) is 0.216. The molecule has 0 amide bonds. The van der Waals surface area contributed by atoms with Crippen molar-refractivity contribution in [3.05, 3.63) is 60.2 Å². The van der Waals surface area contributed by atoms with Gasteiger partial charge in [-0.3, -0.25) is 9.69 Å². The van der Waals surface area contributed by atoms with Crippen LogP contribution in [-0.2, 0) is 0 Å². The summed E-state index contributed by atoms with van der Waals surface area (Å²) < 4.78 is 0. The first-order valence-corrected chi connectivity index (χ1v) is 8.80. The Morgan fingerprint density at radius 1 is 0.920 bits per heavy atom. The Bertz CT molecular complexity index is 661. The number of hydrogen-bond acceptors (Lipinski definition) is 4. The van der Waals surface area contributed by atoms with Crippen molar-refractivity contribution in [2.24, 2.45) is 0 Å². The molecule has 0 atom stereocenters. The highest BCUT2D eigenvalue weighted by Gasteiger charge is 2.19. The molecule has 25 heavy (non-hydrogen) atoms. The normalized spacial score (nSPS) is 15.1. The molecule has 1 saturated heterocycles. The largest absolute Gasteiger partial charge is 0.304 e. The molecule has 0 aliphatic carbocycles. The fourth-order valence-corrected chi connectivity index (χ4v) is 3.68. The monoisotopic (exact) mass is 398 g/mol. The summed E-state index contributed by atoms with van der Waals surface area (Å²) >= 11 is 1.66. The van der Waals surface area contributed by atoms with Crippen LogP contribution in [0.15, 0.2) is 64.4 Å². The highest BCUT2D eigenvalue weighted by Crippen LogP contribution is 2.30. The average molecular weight is 399 g/mol. The molecule has 0 unspecified atom stereocenters. The Hall–Kier alpha value is -1.04. The Labute approximate surface area is 166 Å². The zero-order chi connectivity index (χ0) is 16.1. The van der Waals surface area contributed by atoms with E-state index in [0.29, 0.717) is 6.54 Å². The summed E-state index contributed by atoms with van der Waals surface area (Å²) in [6.45, 7) is 4.52. The molecule has 3 rings (SSSR count). The topological polar surface area (TPSA) is 23.6 Å². The van der Waals surface area contributed by atoms with Gasteiger partial charge in [-0.25, -0.2) is 0 Å². The molecule has 1 heterocycles. The number of carbonyl (C=O) groups is 1. The van der Waals surface area contributed by atoms with Gasteiger partial charge in [-0.05, 0) is 25.2 Å². The third-order valence-electron chi connectivity index (χ3n) is 4.12. The van der Waals surface area contributed by atoms with Gasteiger partial charge in [0.15, 0.2) is 5.78 Å². The van der Waals surface area contributed by atoms with Gasteiger partial charge in [-0.2, -0.15) is 0 Å². The number of likely N-dealkylation sites (N-methyl/N-ethyl adjacent to an activating group) is 1. The number of carbonyl (C=O) groups excluding carboxylic acids is 1. The Morgan fingerprint density at radius 3 is 2.20 bits per heavy atom. The Balaban J connectivity index is 0.00000156. The second-order valence-corrected chi connectivity index (χ2v) is 7.03. The quantitative estimate of drug-likeness (QED) is 0.706. The van der Waals surface area contributed by atoms with Gasteiger partial charge in [0.05, 0.1) is 6.54 Å². The van der Waals surface area contributed by atoms with E-state index in [9.17, 15) is 4.79 Å². The van der Waals surface area contributed by atoms with E-state index in [0.717, 1.165) is 41.5 Å². The van der Waals surface area contributed by atoms with Crippen LogP contribution in [-0.4, -0.2) is 55.4 Å². The van der Waals surface area contributed by atoms with E-state index < -0.39 is 0 Å². The van der Waals surface area contributed by atoms with Gasteiger partial charge in [-0.1, -0.05) is 48.2 Å². The lowest BCUT2D eigenvalue weighted by molar-refractivity contribution is 0.0873. The number of benzene rings is 2. The van der Waals surface area contributed by atoms with Crippen LogP contribution in [0.2, 0.25) is 0 Å². The fourth-order valence-electron chi connectivity index (χ4n) is 2.70. The average Bonchev–Trinajstić information content (AvgIpc) is 2.58. The first-order valence-electron chi connectivity index (χ1n) is 7.98. The standard InChI is InChI=1S/C19H22N2OS.2ClH/c1-20-11-13-21(14-12-20)15-18(22)17-9-5-6-10-19(17)23-16-7-3-2-4-8-16;;/h2-10H,11-15H2,1H3;2*1H. The fraction of sp³-hybridized carbons (Fsp3) is 0.316. The second kappa shape index (κ2) is 10.8. The van der Waals surface area contributed by atoms with Crippen molar-refractivity contribution in [1.29, 1.82) is 0 Å². The highest BCUT2D eigenvalue weighted by atomic mass is 35.5. The molecule has 136 valence electrons. The number of halogens is 2. The van der Waals surface area contributed by atoms with Gasteiger partial charge >= 0.3 is 0 Å². The number of Topliss-reactive ketones (excluding diaryl/α,β-unsaturated/α-hetero) is 1. The molecule has 1 aliphatic rings. The predicted octanol–water partition coefficient (Wildman–Crippen LogP) is 4.11. The van der Waals surface area contributed by atoms with Crippen LogP contribution in [0.25, 0.3) is 0 Å². The van der Waals surface area contributed by atoms with Crippen molar-refractivity contribution in [1.82, 2.24) is 9.80 Å². The summed E-state index contributed by atoms with van der Waals surface area (Å²) in [6.07, 6.45) is 0. The maximum Gasteiger partial charge on any atom is 0.177 e. The molecule has 0 bridgehead atoms. The highest BCUT2D eigenvalue weighted by molar-refractivity contribution is 7.99. The van der Waals surface area contributed by atoms with Gasteiger partial charge in [0.2, 0.25) is 0 Å². The molecule has 0 N–H and O–H groups in total. The molecular formula is C19H24Cl2N2OS. The molecular weight excluding hydrogens is 375 g/mol. The smallest absolute Gasteiger partial charge is 0.177 e. The van der Waals surface area contributed by atoms with Gasteiger partial charge in [-0.15, -0.1) is 24.8 Å². The second-order valence-electron chi connectivity index (χ2n) is 5.91. The number of ketones is 1. The molecule has 1 aliphatic heterocycles. The molecule has 0 aromatic heterocycles. The van der Waals surface area contributed by atoms with Crippen molar-refractivity contribution in [3.8, 4) is 0 Å². The van der Waals surface area contributed by atoms with Crippen LogP contribution in [0.3, 0.4) is 0 Å². The summed E-state index contributed by atoms with van der Waals surface area (Å²) in [6, 6.07) is 18.1. The number of rotatable bonds is 5. The van der Waals surface area contributed by atoms with Gasteiger partial charge < -0.3 is 4.90 Å². The maximum atomic E-state index is 12.7. The lowest BCUT2D eigenvalue weighted by Crippen LogP contribution is -2.46. The van der Waals surface area contributed by atoms with E-state index in [1.54, 1.807) is 11.8 Å². The predicted molar refractivity (Wildman–Crippen MR) is 110 cm³/mol. The minimum absolute atomic E-state index is 0. The van der Waals surface area contributed by atoms with Crippen LogP contribution >= 0.6 is 36.6 Å². The van der Waals surface area contributed by atoms with Crippen molar-refractivity contribution >= 4 is 42.4 Å². The van der Waals surface area contributed by atoms with Crippen LogP contribution in [0, 0.1) is 0 Å². The van der Waals surface area contributed by atoms with Crippen LogP contribution < -0.4 is 0 Å². The first kappa shape index (κ1) is 22.0. The van der Waals surface area contributed by atoms with Gasteiger partial charge in [0, 0.05) is 41.5 Å². The van der Waals surface area contributed by atoms with Crippen molar-refractivity contribution < 1.29 is 4.79 Å².